The van der Waals surface area contributed by atoms with Gasteiger partial charge in [-0.1, -0.05) is 67.0 Å². The number of allylic oxidation sites excluding steroid dienone is 2. The summed E-state index contributed by atoms with van der Waals surface area (Å²) in [5.74, 6) is 5.79. The molecule has 0 bridgehead atoms. The Kier molecular flexibility index (Phi) is 5.91. The van der Waals surface area contributed by atoms with Gasteiger partial charge in [0, 0.05) is 12.0 Å². The summed E-state index contributed by atoms with van der Waals surface area (Å²) in [7, 11) is 0. The van der Waals surface area contributed by atoms with Crippen LogP contribution in [0.2, 0.25) is 0 Å². The molecule has 1 nitrogen and oxygen atoms in total. The zero-order valence-corrected chi connectivity index (χ0v) is 20.4. The van der Waals surface area contributed by atoms with Crippen LogP contribution >= 0.6 is 0 Å². The van der Waals surface area contributed by atoms with Crippen molar-refractivity contribution < 1.29 is 4.79 Å². The van der Waals surface area contributed by atoms with Crippen molar-refractivity contribution in [2.75, 3.05) is 0 Å². The zero-order chi connectivity index (χ0) is 21.8. The first kappa shape index (κ1) is 22.3. The third kappa shape index (κ3) is 3.29. The number of hydrogen-bond acceptors (Lipinski definition) is 1. The summed E-state index contributed by atoms with van der Waals surface area (Å²) in [5.41, 5.74) is 2.48. The third-order valence-electron chi connectivity index (χ3n) is 10.9. The highest BCUT2D eigenvalue weighted by Crippen LogP contribution is 2.69. The Hall–Kier alpha value is -0.850. The van der Waals surface area contributed by atoms with Crippen molar-refractivity contribution in [1.29, 1.82) is 0 Å². The van der Waals surface area contributed by atoms with Gasteiger partial charge in [0.05, 0.1) is 0 Å². The normalized spacial score (nSPS) is 44.6. The second kappa shape index (κ2) is 7.93. The molecule has 1 heteroatoms. The summed E-state index contributed by atoms with van der Waals surface area (Å²) in [6.07, 6.45) is 13.1. The molecule has 4 aliphatic carbocycles. The molecule has 0 saturated heterocycles. The number of carbonyl (C=O) groups excluding carboxylic acids is 1. The number of carbonyl (C=O) groups is 1. The fourth-order valence-electron chi connectivity index (χ4n) is 9.08. The highest BCUT2D eigenvalue weighted by Gasteiger charge is 2.61. The first-order chi connectivity index (χ1) is 14.1. The Balaban J connectivity index is 1.53. The number of Topliss-reactive ketones (excluding diaryl/α,β-unsaturated/α-hetero) is 1. The van der Waals surface area contributed by atoms with Crippen LogP contribution in [0.5, 0.6) is 0 Å². The van der Waals surface area contributed by atoms with Gasteiger partial charge in [0.15, 0.2) is 5.78 Å². The minimum atomic E-state index is 0.107. The van der Waals surface area contributed by atoms with Crippen LogP contribution in [0.3, 0.4) is 0 Å². The molecule has 0 amide bonds. The van der Waals surface area contributed by atoms with Crippen molar-refractivity contribution in [1.82, 2.24) is 0 Å². The van der Waals surface area contributed by atoms with Gasteiger partial charge >= 0.3 is 0 Å². The van der Waals surface area contributed by atoms with E-state index in [-0.39, 0.29) is 11.2 Å². The topological polar surface area (TPSA) is 17.1 Å². The fourth-order valence-corrected chi connectivity index (χ4v) is 9.08. The molecule has 0 aromatic carbocycles. The van der Waals surface area contributed by atoms with Crippen LogP contribution < -0.4 is 0 Å². The van der Waals surface area contributed by atoms with Crippen molar-refractivity contribution in [3.8, 4) is 0 Å². The van der Waals surface area contributed by atoms with E-state index in [1.807, 2.05) is 0 Å². The maximum atomic E-state index is 12.5. The van der Waals surface area contributed by atoms with Crippen molar-refractivity contribution in [3.05, 3.63) is 24.3 Å². The van der Waals surface area contributed by atoms with Crippen molar-refractivity contribution >= 4 is 5.78 Å². The molecule has 4 saturated carbocycles. The average Bonchev–Trinajstić information content (AvgIpc) is 3.04. The summed E-state index contributed by atoms with van der Waals surface area (Å²) in [4.78, 5) is 12.5. The first-order valence-electron chi connectivity index (χ1n) is 13.0. The first-order valence-corrected chi connectivity index (χ1v) is 13.0. The monoisotopic (exact) mass is 410 g/mol. The number of rotatable bonds is 5. The Labute approximate surface area is 186 Å². The Morgan fingerprint density at radius 1 is 0.967 bits per heavy atom. The van der Waals surface area contributed by atoms with E-state index in [1.165, 1.54) is 57.8 Å². The van der Waals surface area contributed by atoms with Crippen molar-refractivity contribution in [2.45, 2.75) is 98.8 Å². The lowest BCUT2D eigenvalue weighted by molar-refractivity contribution is -0.125. The molecule has 8 atom stereocenters. The van der Waals surface area contributed by atoms with Gasteiger partial charge in [-0.2, -0.15) is 0 Å². The predicted molar refractivity (Wildman–Crippen MR) is 127 cm³/mol. The van der Waals surface area contributed by atoms with Crippen LogP contribution in [-0.2, 0) is 4.79 Å². The van der Waals surface area contributed by atoms with E-state index in [0.717, 1.165) is 47.2 Å². The van der Waals surface area contributed by atoms with E-state index in [0.29, 0.717) is 17.3 Å². The third-order valence-corrected chi connectivity index (χ3v) is 10.9. The lowest BCUT2D eigenvalue weighted by atomic mass is 9.43. The molecule has 0 radical (unpaired) electrons. The van der Waals surface area contributed by atoms with Gasteiger partial charge in [-0.15, -0.1) is 0 Å². The molecule has 1 unspecified atom stereocenters. The van der Waals surface area contributed by atoms with Crippen LogP contribution in [0.4, 0.5) is 0 Å². The summed E-state index contributed by atoms with van der Waals surface area (Å²) in [6.45, 7) is 21.0. The molecule has 4 aliphatic rings. The molecule has 0 N–H and O–H groups in total. The highest BCUT2D eigenvalue weighted by molar-refractivity contribution is 6.00. The SMILES string of the molecule is C=C1C(=C)[C@@]2(C)C(CC[C@H]3[C@@H]4CC[C@H]([C@H](C)CCCC(C)C)[C@@]4(C)CC[C@@H]32)CC1=O. The molecule has 0 aliphatic heterocycles. The minimum Gasteiger partial charge on any atom is -0.294 e. The number of hydrogen-bond donors (Lipinski definition) is 0. The average molecular weight is 411 g/mol. The number of ketones is 1. The standard InChI is InChI=1S/C29H46O/c1-18(2)9-8-10-19(3)24-13-14-25-23-12-11-22-17-27(30)20(4)21(5)29(22,7)26(23)15-16-28(24,25)6/h18-19,22-26H,4-5,8-17H2,1-3,6-7H3/t19-,22?,23+,24-,25+,26+,28-,29+/m1/s1. The largest absolute Gasteiger partial charge is 0.294 e. The van der Waals surface area contributed by atoms with Crippen LogP contribution in [0.1, 0.15) is 98.8 Å². The van der Waals surface area contributed by atoms with E-state index in [4.69, 9.17) is 0 Å². The summed E-state index contributed by atoms with van der Waals surface area (Å²) in [6, 6.07) is 0. The molecule has 30 heavy (non-hydrogen) atoms. The summed E-state index contributed by atoms with van der Waals surface area (Å²) >= 11 is 0. The lowest BCUT2D eigenvalue weighted by Gasteiger charge is -2.61. The van der Waals surface area contributed by atoms with Crippen LogP contribution in [0, 0.1) is 52.3 Å². The minimum absolute atomic E-state index is 0.107. The van der Waals surface area contributed by atoms with Gasteiger partial charge in [0.1, 0.15) is 0 Å². The van der Waals surface area contributed by atoms with Crippen LogP contribution in [0.15, 0.2) is 24.3 Å². The highest BCUT2D eigenvalue weighted by atomic mass is 16.1. The molecule has 0 spiro atoms. The van der Waals surface area contributed by atoms with Crippen molar-refractivity contribution in [3.63, 3.8) is 0 Å². The molecule has 0 aromatic rings. The molecular weight excluding hydrogens is 364 g/mol. The Bertz CT molecular complexity index is 716. The molecular formula is C29H46O. The Morgan fingerprint density at radius 3 is 2.40 bits per heavy atom. The van der Waals surface area contributed by atoms with Gasteiger partial charge in [-0.3, -0.25) is 4.79 Å². The predicted octanol–water partition coefficient (Wildman–Crippen LogP) is 8.01. The molecule has 168 valence electrons. The van der Waals surface area contributed by atoms with Gasteiger partial charge in [0.25, 0.3) is 0 Å². The second-order valence-corrected chi connectivity index (χ2v) is 12.5. The van der Waals surface area contributed by atoms with Crippen LogP contribution in [0.25, 0.3) is 0 Å². The van der Waals surface area contributed by atoms with Crippen LogP contribution in [-0.4, -0.2) is 5.78 Å². The molecule has 0 aromatic heterocycles. The van der Waals surface area contributed by atoms with E-state index < -0.39 is 0 Å². The van der Waals surface area contributed by atoms with Gasteiger partial charge in [0.2, 0.25) is 0 Å². The molecule has 4 fully saturated rings. The van der Waals surface area contributed by atoms with Gasteiger partial charge < -0.3 is 0 Å². The Morgan fingerprint density at radius 2 is 1.70 bits per heavy atom. The van der Waals surface area contributed by atoms with E-state index in [2.05, 4.69) is 47.8 Å². The van der Waals surface area contributed by atoms with Crippen molar-refractivity contribution in [2.24, 2.45) is 52.3 Å². The summed E-state index contributed by atoms with van der Waals surface area (Å²) in [5, 5.41) is 0. The quantitative estimate of drug-likeness (QED) is 0.419. The smallest absolute Gasteiger partial charge is 0.162 e. The van der Waals surface area contributed by atoms with E-state index in [1.54, 1.807) is 0 Å². The maximum absolute atomic E-state index is 12.5. The number of fused-ring (bicyclic) bond motifs is 5. The molecule has 0 heterocycles. The zero-order valence-electron chi connectivity index (χ0n) is 20.4. The van der Waals surface area contributed by atoms with E-state index in [9.17, 15) is 4.79 Å². The van der Waals surface area contributed by atoms with Gasteiger partial charge in [-0.25, -0.2) is 0 Å². The van der Waals surface area contributed by atoms with Gasteiger partial charge in [-0.05, 0) is 96.4 Å². The fraction of sp³-hybridized carbons (Fsp3) is 0.828. The second-order valence-electron chi connectivity index (χ2n) is 12.5. The van der Waals surface area contributed by atoms with E-state index >= 15 is 0 Å². The summed E-state index contributed by atoms with van der Waals surface area (Å²) < 4.78 is 0. The maximum Gasteiger partial charge on any atom is 0.162 e. The lowest BCUT2D eigenvalue weighted by Crippen LogP contribution is -2.54. The molecule has 4 rings (SSSR count).